The van der Waals surface area contributed by atoms with Gasteiger partial charge in [-0.2, -0.15) is 0 Å². The van der Waals surface area contributed by atoms with Gasteiger partial charge in [-0.05, 0) is 66.8 Å². The third-order valence-corrected chi connectivity index (χ3v) is 3.90. The zero-order chi connectivity index (χ0) is 17.0. The Balaban J connectivity index is 2.42. The summed E-state index contributed by atoms with van der Waals surface area (Å²) in [5.41, 5.74) is 3.30. The van der Waals surface area contributed by atoms with Gasteiger partial charge < -0.3 is 0 Å². The number of hydrogen-bond acceptors (Lipinski definition) is 0. The molecule has 0 aromatic heterocycles. The summed E-state index contributed by atoms with van der Waals surface area (Å²) in [4.78, 5) is 0. The second-order valence-electron chi connectivity index (χ2n) is 5.57. The Morgan fingerprint density at radius 1 is 1.04 bits per heavy atom. The first kappa shape index (κ1) is 17.4. The van der Waals surface area contributed by atoms with Crippen molar-refractivity contribution >= 4 is 17.2 Å². The van der Waals surface area contributed by atoms with Crippen LogP contribution in [-0.2, 0) is 0 Å². The van der Waals surface area contributed by atoms with Crippen LogP contribution < -0.4 is 0 Å². The number of rotatable bonds is 4. The van der Waals surface area contributed by atoms with Gasteiger partial charge in [-0.1, -0.05) is 42.8 Å². The van der Waals surface area contributed by atoms with Gasteiger partial charge in [0.15, 0.2) is 0 Å². The van der Waals surface area contributed by atoms with Crippen LogP contribution in [-0.4, -0.2) is 0 Å². The molecular formula is C20H19ClF2. The SMILES string of the molecule is CC/C(=C\C(F)=C(C)C)c1ccc(-c2ccc(Cl)cc2)cc1F. The Hall–Kier alpha value is -1.93. The zero-order valence-corrected chi connectivity index (χ0v) is 14.2. The van der Waals surface area contributed by atoms with Crippen molar-refractivity contribution in [3.8, 4) is 11.1 Å². The molecule has 0 aliphatic rings. The molecule has 0 N–H and O–H groups in total. The van der Waals surface area contributed by atoms with Crippen molar-refractivity contribution in [1.82, 2.24) is 0 Å². The average molecular weight is 333 g/mol. The van der Waals surface area contributed by atoms with Crippen LogP contribution in [0, 0.1) is 5.82 Å². The van der Waals surface area contributed by atoms with Crippen LogP contribution in [0.15, 0.2) is 59.9 Å². The largest absolute Gasteiger partial charge is 0.207 e. The van der Waals surface area contributed by atoms with Gasteiger partial charge >= 0.3 is 0 Å². The van der Waals surface area contributed by atoms with E-state index in [2.05, 4.69) is 0 Å². The van der Waals surface area contributed by atoms with E-state index in [0.717, 1.165) is 11.1 Å². The molecular weight excluding hydrogens is 314 g/mol. The minimum Gasteiger partial charge on any atom is -0.207 e. The summed E-state index contributed by atoms with van der Waals surface area (Å²) in [7, 11) is 0. The topological polar surface area (TPSA) is 0 Å². The molecule has 0 nitrogen and oxygen atoms in total. The normalized spacial score (nSPS) is 11.5. The Bertz CT molecular complexity index is 752. The third kappa shape index (κ3) is 4.29. The lowest BCUT2D eigenvalue weighted by molar-refractivity contribution is 0.623. The third-order valence-electron chi connectivity index (χ3n) is 3.65. The Labute approximate surface area is 141 Å². The standard InChI is InChI=1S/C20H19ClF2/c1-4-14(11-19(22)13(2)3)18-10-7-16(12-20(18)23)15-5-8-17(21)9-6-15/h5-12H,4H2,1-3H3/b14-11+. The van der Waals surface area contributed by atoms with Gasteiger partial charge in [0.25, 0.3) is 0 Å². The van der Waals surface area contributed by atoms with Crippen molar-refractivity contribution in [1.29, 1.82) is 0 Å². The van der Waals surface area contributed by atoms with Gasteiger partial charge in [0.1, 0.15) is 11.6 Å². The summed E-state index contributed by atoms with van der Waals surface area (Å²) in [6.07, 6.45) is 1.97. The molecule has 2 rings (SSSR count). The van der Waals surface area contributed by atoms with Crippen LogP contribution in [0.5, 0.6) is 0 Å². The first-order chi connectivity index (χ1) is 10.9. The van der Waals surface area contributed by atoms with E-state index in [1.54, 1.807) is 32.0 Å². The van der Waals surface area contributed by atoms with Crippen LogP contribution in [0.1, 0.15) is 32.8 Å². The Kier molecular flexibility index (Phi) is 5.73. The quantitative estimate of drug-likeness (QED) is 0.519. The lowest BCUT2D eigenvalue weighted by Crippen LogP contribution is -1.91. The highest BCUT2D eigenvalue weighted by atomic mass is 35.5. The van der Waals surface area contributed by atoms with Crippen molar-refractivity contribution in [3.05, 3.63) is 76.3 Å². The van der Waals surface area contributed by atoms with Gasteiger partial charge in [-0.25, -0.2) is 8.78 Å². The highest BCUT2D eigenvalue weighted by Gasteiger charge is 2.10. The van der Waals surface area contributed by atoms with Crippen LogP contribution in [0.25, 0.3) is 16.7 Å². The van der Waals surface area contributed by atoms with Crippen LogP contribution >= 0.6 is 11.6 Å². The fourth-order valence-corrected chi connectivity index (χ4v) is 2.39. The van der Waals surface area contributed by atoms with Gasteiger partial charge in [0.2, 0.25) is 0 Å². The van der Waals surface area contributed by atoms with Crippen LogP contribution in [0.3, 0.4) is 0 Å². The molecule has 0 atom stereocenters. The lowest BCUT2D eigenvalue weighted by atomic mass is 9.97. The monoisotopic (exact) mass is 332 g/mol. The summed E-state index contributed by atoms with van der Waals surface area (Å²) in [6.45, 7) is 5.27. The molecule has 0 radical (unpaired) electrons. The molecule has 0 bridgehead atoms. The number of benzene rings is 2. The molecule has 0 amide bonds. The van der Waals surface area contributed by atoms with Gasteiger partial charge in [0.05, 0.1) is 0 Å². The Morgan fingerprint density at radius 3 is 2.17 bits per heavy atom. The first-order valence-corrected chi connectivity index (χ1v) is 7.89. The van der Waals surface area contributed by atoms with E-state index in [1.807, 2.05) is 25.1 Å². The van der Waals surface area contributed by atoms with Gasteiger partial charge in [-0.15, -0.1) is 0 Å². The van der Waals surface area contributed by atoms with Crippen molar-refractivity contribution in [3.63, 3.8) is 0 Å². The predicted octanol–water partition coefficient (Wildman–Crippen LogP) is 7.20. The molecule has 120 valence electrons. The molecule has 0 fully saturated rings. The number of hydrogen-bond donors (Lipinski definition) is 0. The molecule has 2 aromatic rings. The predicted molar refractivity (Wildman–Crippen MR) is 94.6 cm³/mol. The van der Waals surface area contributed by atoms with Crippen LogP contribution in [0.2, 0.25) is 5.02 Å². The van der Waals surface area contributed by atoms with Crippen molar-refractivity contribution in [2.75, 3.05) is 0 Å². The molecule has 2 aromatic carbocycles. The van der Waals surface area contributed by atoms with E-state index >= 15 is 0 Å². The molecule has 0 aliphatic heterocycles. The molecule has 0 saturated heterocycles. The van der Waals surface area contributed by atoms with Crippen LogP contribution in [0.4, 0.5) is 8.78 Å². The molecule has 0 unspecified atom stereocenters. The van der Waals surface area contributed by atoms with E-state index in [4.69, 9.17) is 11.6 Å². The summed E-state index contributed by atoms with van der Waals surface area (Å²) in [5.74, 6) is -0.671. The maximum Gasteiger partial charge on any atom is 0.131 e. The summed E-state index contributed by atoms with van der Waals surface area (Å²) in [5, 5.41) is 0.638. The molecule has 3 heteroatoms. The van der Waals surface area contributed by atoms with Gasteiger partial charge in [-0.3, -0.25) is 0 Å². The minimum absolute atomic E-state index is 0.317. The van der Waals surface area contributed by atoms with Crippen molar-refractivity contribution < 1.29 is 8.78 Å². The molecule has 23 heavy (non-hydrogen) atoms. The lowest BCUT2D eigenvalue weighted by Gasteiger charge is -2.09. The molecule has 0 saturated carbocycles. The van der Waals surface area contributed by atoms with E-state index < -0.39 is 0 Å². The van der Waals surface area contributed by atoms with E-state index in [9.17, 15) is 8.78 Å². The van der Waals surface area contributed by atoms with Crippen molar-refractivity contribution in [2.45, 2.75) is 27.2 Å². The molecule has 0 heterocycles. The van der Waals surface area contributed by atoms with Crippen molar-refractivity contribution in [2.24, 2.45) is 0 Å². The van der Waals surface area contributed by atoms with E-state index in [-0.39, 0.29) is 11.6 Å². The number of allylic oxidation sites excluding steroid dienone is 4. The summed E-state index contributed by atoms with van der Waals surface area (Å²) < 4.78 is 28.3. The highest BCUT2D eigenvalue weighted by molar-refractivity contribution is 6.30. The average Bonchev–Trinajstić information content (AvgIpc) is 2.53. The summed E-state index contributed by atoms with van der Waals surface area (Å²) in [6, 6.07) is 12.2. The highest BCUT2D eigenvalue weighted by Crippen LogP contribution is 2.29. The smallest absolute Gasteiger partial charge is 0.131 e. The maximum absolute atomic E-state index is 14.5. The number of halogens is 3. The fraction of sp³-hybridized carbons (Fsp3) is 0.200. The molecule has 0 spiro atoms. The van der Waals surface area contributed by atoms with E-state index in [1.165, 1.54) is 12.1 Å². The maximum atomic E-state index is 14.5. The first-order valence-electron chi connectivity index (χ1n) is 7.51. The second-order valence-corrected chi connectivity index (χ2v) is 6.01. The minimum atomic E-state index is -0.355. The van der Waals surface area contributed by atoms with Gasteiger partial charge in [0, 0.05) is 10.6 Å². The summed E-state index contributed by atoms with van der Waals surface area (Å²) >= 11 is 5.87. The fourth-order valence-electron chi connectivity index (χ4n) is 2.26. The molecule has 0 aliphatic carbocycles. The van der Waals surface area contributed by atoms with E-state index in [0.29, 0.717) is 28.2 Å². The Morgan fingerprint density at radius 2 is 1.65 bits per heavy atom. The second kappa shape index (κ2) is 7.56. The zero-order valence-electron chi connectivity index (χ0n) is 13.5.